The van der Waals surface area contributed by atoms with Gasteiger partial charge in [-0.25, -0.2) is 9.67 Å². The number of hydrogen-bond acceptors (Lipinski definition) is 5. The first-order valence-electron chi connectivity index (χ1n) is 6.11. The van der Waals surface area contributed by atoms with Crippen molar-refractivity contribution in [3.05, 3.63) is 30.4 Å². The van der Waals surface area contributed by atoms with E-state index in [1.165, 1.54) is 0 Å². The minimum Gasteiger partial charge on any atom is -0.497 e. The Bertz CT molecular complexity index is 539. The first-order chi connectivity index (χ1) is 9.28. The Kier molecular flexibility index (Phi) is 4.22. The fourth-order valence-corrected chi connectivity index (χ4v) is 1.82. The molecule has 6 nitrogen and oxygen atoms in total. The molecule has 0 fully saturated rings. The second kappa shape index (κ2) is 6.08. The minimum atomic E-state index is 0.581. The van der Waals surface area contributed by atoms with Crippen molar-refractivity contribution in [2.24, 2.45) is 0 Å². The molecular weight excluding hydrogens is 244 g/mol. The predicted octanol–water partition coefficient (Wildman–Crippen LogP) is 1.93. The van der Waals surface area contributed by atoms with Crippen LogP contribution in [0.3, 0.4) is 0 Å². The number of ether oxygens (including phenoxy) is 2. The zero-order valence-corrected chi connectivity index (χ0v) is 11.4. The lowest BCUT2D eigenvalue weighted by molar-refractivity contribution is 0.404. The smallest absolute Gasteiger partial charge is 0.146 e. The number of aryl methyl sites for hydroxylation is 1. The summed E-state index contributed by atoms with van der Waals surface area (Å²) in [6, 6.07) is 5.62. The van der Waals surface area contributed by atoms with Crippen molar-refractivity contribution in [2.75, 3.05) is 19.5 Å². The van der Waals surface area contributed by atoms with Crippen LogP contribution < -0.4 is 14.8 Å². The van der Waals surface area contributed by atoms with E-state index in [4.69, 9.17) is 9.47 Å². The lowest BCUT2D eigenvalue weighted by atomic mass is 10.2. The van der Waals surface area contributed by atoms with Crippen LogP contribution in [-0.4, -0.2) is 29.0 Å². The molecule has 0 radical (unpaired) electrons. The van der Waals surface area contributed by atoms with Crippen LogP contribution in [0.25, 0.3) is 0 Å². The summed E-state index contributed by atoms with van der Waals surface area (Å²) >= 11 is 0. The van der Waals surface area contributed by atoms with Crippen molar-refractivity contribution < 1.29 is 9.47 Å². The molecule has 0 unspecified atom stereocenters. The second-order valence-electron chi connectivity index (χ2n) is 3.91. The monoisotopic (exact) mass is 262 g/mol. The quantitative estimate of drug-likeness (QED) is 0.862. The maximum absolute atomic E-state index is 5.31. The van der Waals surface area contributed by atoms with Crippen molar-refractivity contribution in [2.45, 2.75) is 20.0 Å². The number of nitrogens with zero attached hydrogens (tertiary/aromatic N) is 3. The molecule has 1 aromatic heterocycles. The maximum atomic E-state index is 5.31. The van der Waals surface area contributed by atoms with Gasteiger partial charge in [-0.3, -0.25) is 0 Å². The van der Waals surface area contributed by atoms with Crippen molar-refractivity contribution >= 4 is 5.69 Å². The first-order valence-corrected chi connectivity index (χ1v) is 6.11. The summed E-state index contributed by atoms with van der Waals surface area (Å²) in [4.78, 5) is 4.22. The molecule has 0 atom stereocenters. The molecule has 102 valence electrons. The van der Waals surface area contributed by atoms with Gasteiger partial charge in [-0.15, -0.1) is 0 Å². The highest BCUT2D eigenvalue weighted by Gasteiger charge is 2.07. The molecule has 0 spiro atoms. The molecule has 2 rings (SSSR count). The molecular formula is C13H18N4O2. The number of aromatic nitrogens is 3. The van der Waals surface area contributed by atoms with Gasteiger partial charge in [0, 0.05) is 12.6 Å². The minimum absolute atomic E-state index is 0.581. The van der Waals surface area contributed by atoms with Gasteiger partial charge < -0.3 is 14.8 Å². The summed E-state index contributed by atoms with van der Waals surface area (Å²) in [7, 11) is 3.28. The molecule has 2 aromatic rings. The molecule has 0 aliphatic carbocycles. The summed E-state index contributed by atoms with van der Waals surface area (Å²) in [6.07, 6.45) is 1.56. The fraction of sp³-hybridized carbons (Fsp3) is 0.385. The Labute approximate surface area is 112 Å². The van der Waals surface area contributed by atoms with E-state index >= 15 is 0 Å². The average molecular weight is 262 g/mol. The van der Waals surface area contributed by atoms with E-state index in [9.17, 15) is 0 Å². The van der Waals surface area contributed by atoms with E-state index in [1.54, 1.807) is 20.5 Å². The Balaban J connectivity index is 2.14. The van der Waals surface area contributed by atoms with Crippen LogP contribution in [0.15, 0.2) is 24.5 Å². The standard InChI is InChI=1S/C13H18N4O2/c1-4-17-13(15-9-16-17)8-14-11-7-10(18-2)5-6-12(11)19-3/h5-7,9,14H,4,8H2,1-3H3. The highest BCUT2D eigenvalue weighted by Crippen LogP contribution is 2.29. The van der Waals surface area contributed by atoms with Gasteiger partial charge in [-0.1, -0.05) is 0 Å². The maximum Gasteiger partial charge on any atom is 0.146 e. The summed E-state index contributed by atoms with van der Waals surface area (Å²) in [5, 5.41) is 7.42. The van der Waals surface area contributed by atoms with E-state index in [0.29, 0.717) is 6.54 Å². The average Bonchev–Trinajstić information content (AvgIpc) is 2.92. The number of benzene rings is 1. The highest BCUT2D eigenvalue weighted by molar-refractivity contribution is 5.59. The molecule has 0 amide bonds. The third-order valence-corrected chi connectivity index (χ3v) is 2.84. The summed E-state index contributed by atoms with van der Waals surface area (Å²) in [6.45, 7) is 3.41. The molecule has 1 heterocycles. The van der Waals surface area contributed by atoms with E-state index in [0.717, 1.165) is 29.6 Å². The van der Waals surface area contributed by atoms with Crippen LogP contribution in [0.5, 0.6) is 11.5 Å². The van der Waals surface area contributed by atoms with Gasteiger partial charge in [-0.05, 0) is 19.1 Å². The molecule has 0 saturated carbocycles. The molecule has 0 aliphatic rings. The van der Waals surface area contributed by atoms with Crippen molar-refractivity contribution in [1.29, 1.82) is 0 Å². The second-order valence-corrected chi connectivity index (χ2v) is 3.91. The van der Waals surface area contributed by atoms with Gasteiger partial charge in [0.2, 0.25) is 0 Å². The van der Waals surface area contributed by atoms with Crippen LogP contribution in [0.4, 0.5) is 5.69 Å². The molecule has 0 bridgehead atoms. The summed E-state index contributed by atoms with van der Waals surface area (Å²) in [5.74, 6) is 2.43. The number of methoxy groups -OCH3 is 2. The molecule has 1 N–H and O–H groups in total. The van der Waals surface area contributed by atoms with Crippen molar-refractivity contribution in [3.63, 3.8) is 0 Å². The summed E-state index contributed by atoms with van der Waals surface area (Å²) in [5.41, 5.74) is 0.868. The van der Waals surface area contributed by atoms with Crippen molar-refractivity contribution in [1.82, 2.24) is 14.8 Å². The SMILES string of the molecule is CCn1ncnc1CNc1cc(OC)ccc1OC. The predicted molar refractivity (Wildman–Crippen MR) is 72.6 cm³/mol. The van der Waals surface area contributed by atoms with Crippen LogP contribution in [0.1, 0.15) is 12.7 Å². The summed E-state index contributed by atoms with van der Waals surface area (Å²) < 4.78 is 12.4. The van der Waals surface area contributed by atoms with Gasteiger partial charge >= 0.3 is 0 Å². The lowest BCUT2D eigenvalue weighted by Gasteiger charge is -2.12. The Morgan fingerprint density at radius 1 is 1.26 bits per heavy atom. The number of hydrogen-bond donors (Lipinski definition) is 1. The zero-order chi connectivity index (χ0) is 13.7. The van der Waals surface area contributed by atoms with E-state index in [2.05, 4.69) is 15.4 Å². The number of nitrogens with one attached hydrogen (secondary N) is 1. The Morgan fingerprint density at radius 3 is 2.79 bits per heavy atom. The first kappa shape index (κ1) is 13.2. The zero-order valence-electron chi connectivity index (χ0n) is 11.4. The van der Waals surface area contributed by atoms with Gasteiger partial charge in [0.05, 0.1) is 26.5 Å². The van der Waals surface area contributed by atoms with E-state index in [-0.39, 0.29) is 0 Å². The number of rotatable bonds is 6. The Morgan fingerprint density at radius 2 is 2.11 bits per heavy atom. The van der Waals surface area contributed by atoms with E-state index in [1.807, 2.05) is 29.8 Å². The van der Waals surface area contributed by atoms with Gasteiger partial charge in [0.1, 0.15) is 23.7 Å². The van der Waals surface area contributed by atoms with Crippen LogP contribution in [0, 0.1) is 0 Å². The topological polar surface area (TPSA) is 61.2 Å². The normalized spacial score (nSPS) is 10.3. The highest BCUT2D eigenvalue weighted by atomic mass is 16.5. The third kappa shape index (κ3) is 2.96. The third-order valence-electron chi connectivity index (χ3n) is 2.84. The molecule has 0 saturated heterocycles. The lowest BCUT2D eigenvalue weighted by Crippen LogP contribution is -2.09. The van der Waals surface area contributed by atoms with E-state index < -0.39 is 0 Å². The fourth-order valence-electron chi connectivity index (χ4n) is 1.82. The largest absolute Gasteiger partial charge is 0.497 e. The van der Waals surface area contributed by atoms with Gasteiger partial charge in [0.25, 0.3) is 0 Å². The molecule has 1 aromatic carbocycles. The van der Waals surface area contributed by atoms with Crippen LogP contribution >= 0.6 is 0 Å². The molecule has 6 heteroatoms. The number of anilines is 1. The van der Waals surface area contributed by atoms with Crippen molar-refractivity contribution in [3.8, 4) is 11.5 Å². The van der Waals surface area contributed by atoms with Gasteiger partial charge in [-0.2, -0.15) is 5.10 Å². The van der Waals surface area contributed by atoms with Gasteiger partial charge in [0.15, 0.2) is 0 Å². The molecule has 19 heavy (non-hydrogen) atoms. The molecule has 0 aliphatic heterocycles. The Hall–Kier alpha value is -2.24. The van der Waals surface area contributed by atoms with Crippen LogP contribution in [0.2, 0.25) is 0 Å². The van der Waals surface area contributed by atoms with Crippen LogP contribution in [-0.2, 0) is 13.1 Å².